The molecule has 0 aliphatic rings. The van der Waals surface area contributed by atoms with Crippen LogP contribution in [0.1, 0.15) is 13.3 Å². The Labute approximate surface area is 110 Å². The van der Waals surface area contributed by atoms with Crippen LogP contribution in [-0.2, 0) is 4.79 Å². The number of carboxylic acids is 1. The van der Waals surface area contributed by atoms with E-state index in [1.165, 1.54) is 13.0 Å². The van der Waals surface area contributed by atoms with Crippen LogP contribution in [0.4, 0.5) is 15.8 Å². The minimum Gasteiger partial charge on any atom is -0.481 e. The van der Waals surface area contributed by atoms with E-state index >= 15 is 0 Å². The average molecular weight is 321 g/mol. The molecule has 0 bridgehead atoms. The van der Waals surface area contributed by atoms with Gasteiger partial charge in [-0.25, -0.2) is 0 Å². The topological polar surface area (TPSA) is 92.5 Å². The van der Waals surface area contributed by atoms with Crippen molar-refractivity contribution in [2.24, 2.45) is 0 Å². The number of hydrogen-bond acceptors (Lipinski definition) is 4. The summed E-state index contributed by atoms with van der Waals surface area (Å²) in [5, 5.41) is 22.0. The summed E-state index contributed by atoms with van der Waals surface area (Å²) in [6, 6.07) is 1.72. The van der Waals surface area contributed by atoms with Crippen molar-refractivity contribution in [2.45, 2.75) is 19.4 Å². The lowest BCUT2D eigenvalue weighted by molar-refractivity contribution is -0.386. The molecule has 18 heavy (non-hydrogen) atoms. The third-order valence-electron chi connectivity index (χ3n) is 2.13. The zero-order chi connectivity index (χ0) is 13.9. The Kier molecular flexibility index (Phi) is 4.60. The van der Waals surface area contributed by atoms with Gasteiger partial charge in [0.25, 0.3) is 0 Å². The average Bonchev–Trinajstić information content (AvgIpc) is 2.21. The van der Waals surface area contributed by atoms with Crippen LogP contribution in [0, 0.1) is 15.9 Å². The Morgan fingerprint density at radius 2 is 2.28 bits per heavy atom. The predicted octanol–water partition coefficient (Wildman–Crippen LogP) is 2.77. The minimum atomic E-state index is -1.05. The van der Waals surface area contributed by atoms with Crippen LogP contribution in [0.2, 0.25) is 0 Å². The lowest BCUT2D eigenvalue weighted by Crippen LogP contribution is -2.20. The molecule has 2 N–H and O–H groups in total. The van der Waals surface area contributed by atoms with Gasteiger partial charge in [-0.2, -0.15) is 4.39 Å². The highest BCUT2D eigenvalue weighted by molar-refractivity contribution is 9.10. The van der Waals surface area contributed by atoms with Crippen LogP contribution in [0.15, 0.2) is 16.6 Å². The first-order valence-corrected chi connectivity index (χ1v) is 5.73. The maximum atomic E-state index is 13.4. The number of nitro benzene ring substituents is 1. The molecule has 1 aromatic carbocycles. The van der Waals surface area contributed by atoms with Crippen LogP contribution < -0.4 is 5.32 Å². The van der Waals surface area contributed by atoms with Gasteiger partial charge in [0, 0.05) is 10.5 Å². The third-order valence-corrected chi connectivity index (χ3v) is 2.79. The van der Waals surface area contributed by atoms with Crippen LogP contribution in [0.3, 0.4) is 0 Å². The monoisotopic (exact) mass is 320 g/mol. The number of nitrogens with zero attached hydrogens (tertiary/aromatic N) is 1. The standard InChI is InChI=1S/C10H10BrFN2O4/c1-5(4-8(15)16)13-9-6(11)2-3-7(12)10(9)14(17)18/h2-3,5,13H,4H2,1H3,(H,15,16)/t5-/m1/s1. The number of hydrogen-bond donors (Lipinski definition) is 2. The summed E-state index contributed by atoms with van der Waals surface area (Å²) in [7, 11) is 0. The second-order valence-electron chi connectivity index (χ2n) is 3.65. The SMILES string of the molecule is C[C@H](CC(=O)O)Nc1c(Br)ccc(F)c1[N+](=O)[O-]. The van der Waals surface area contributed by atoms with Crippen molar-refractivity contribution in [1.29, 1.82) is 0 Å². The number of anilines is 1. The maximum absolute atomic E-state index is 13.4. The molecule has 0 saturated heterocycles. The Hall–Kier alpha value is -1.70. The highest BCUT2D eigenvalue weighted by Crippen LogP contribution is 2.35. The van der Waals surface area contributed by atoms with Crippen molar-refractivity contribution < 1.29 is 19.2 Å². The van der Waals surface area contributed by atoms with Gasteiger partial charge in [-0.05, 0) is 35.0 Å². The third kappa shape index (κ3) is 3.39. The van der Waals surface area contributed by atoms with Gasteiger partial charge in [-0.15, -0.1) is 0 Å². The molecule has 0 heterocycles. The van der Waals surface area contributed by atoms with Gasteiger partial charge in [0.15, 0.2) is 0 Å². The highest BCUT2D eigenvalue weighted by atomic mass is 79.9. The van der Waals surface area contributed by atoms with E-state index < -0.39 is 28.4 Å². The van der Waals surface area contributed by atoms with Gasteiger partial charge in [0.1, 0.15) is 5.69 Å². The Balaban J connectivity index is 3.10. The Bertz CT molecular complexity index is 495. The molecule has 0 aliphatic heterocycles. The van der Waals surface area contributed by atoms with Crippen LogP contribution in [-0.4, -0.2) is 22.0 Å². The smallest absolute Gasteiger partial charge is 0.328 e. The first kappa shape index (κ1) is 14.4. The lowest BCUT2D eigenvalue weighted by Gasteiger charge is -2.14. The fourth-order valence-corrected chi connectivity index (χ4v) is 1.85. The predicted molar refractivity (Wildman–Crippen MR) is 66.1 cm³/mol. The van der Waals surface area contributed by atoms with Gasteiger partial charge < -0.3 is 10.4 Å². The molecule has 0 radical (unpaired) electrons. The molecule has 1 aromatic rings. The summed E-state index contributed by atoms with van der Waals surface area (Å²) >= 11 is 3.06. The van der Waals surface area contributed by atoms with Crippen LogP contribution in [0.5, 0.6) is 0 Å². The van der Waals surface area contributed by atoms with E-state index in [1.807, 2.05) is 0 Å². The lowest BCUT2D eigenvalue weighted by atomic mass is 10.2. The second-order valence-corrected chi connectivity index (χ2v) is 4.51. The summed E-state index contributed by atoms with van der Waals surface area (Å²) in [4.78, 5) is 20.4. The molecule has 0 aromatic heterocycles. The second kappa shape index (κ2) is 5.76. The van der Waals surface area contributed by atoms with Crippen molar-refractivity contribution in [3.63, 3.8) is 0 Å². The van der Waals surface area contributed by atoms with Crippen molar-refractivity contribution in [3.05, 3.63) is 32.5 Å². The van der Waals surface area contributed by atoms with E-state index in [4.69, 9.17) is 5.11 Å². The number of halogens is 2. The quantitative estimate of drug-likeness (QED) is 0.642. The number of rotatable bonds is 5. The van der Waals surface area contributed by atoms with E-state index in [1.54, 1.807) is 0 Å². The van der Waals surface area contributed by atoms with Crippen molar-refractivity contribution in [3.8, 4) is 0 Å². The first-order valence-electron chi connectivity index (χ1n) is 4.93. The molecule has 0 saturated carbocycles. The maximum Gasteiger partial charge on any atom is 0.328 e. The molecule has 0 amide bonds. The molecule has 1 rings (SSSR count). The molecule has 0 unspecified atom stereocenters. The number of carbonyl (C=O) groups is 1. The van der Waals surface area contributed by atoms with E-state index in [9.17, 15) is 19.3 Å². The summed E-state index contributed by atoms with van der Waals surface area (Å²) in [5.41, 5.74) is -0.768. The molecule has 1 atom stereocenters. The normalized spacial score (nSPS) is 11.9. The van der Waals surface area contributed by atoms with Crippen LogP contribution in [0.25, 0.3) is 0 Å². The summed E-state index contributed by atoms with van der Waals surface area (Å²) in [6.45, 7) is 1.54. The molecule has 0 fully saturated rings. The number of carboxylic acid groups (broad SMARTS) is 1. The minimum absolute atomic E-state index is 0.0613. The molecule has 0 aliphatic carbocycles. The largest absolute Gasteiger partial charge is 0.481 e. The van der Waals surface area contributed by atoms with Gasteiger partial charge >= 0.3 is 11.7 Å². The molecule has 8 heteroatoms. The number of nitrogens with one attached hydrogen (secondary N) is 1. The number of aliphatic carboxylic acids is 1. The first-order chi connectivity index (χ1) is 8.32. The van der Waals surface area contributed by atoms with Gasteiger partial charge in [-0.3, -0.25) is 14.9 Å². The summed E-state index contributed by atoms with van der Waals surface area (Å²) in [5.74, 6) is -2.03. The summed E-state index contributed by atoms with van der Waals surface area (Å²) < 4.78 is 13.7. The fraction of sp³-hybridized carbons (Fsp3) is 0.300. The molecular weight excluding hydrogens is 311 g/mol. The number of nitro groups is 1. The van der Waals surface area contributed by atoms with Gasteiger partial charge in [0.2, 0.25) is 5.82 Å². The zero-order valence-electron chi connectivity index (χ0n) is 9.31. The molecule has 0 spiro atoms. The van der Waals surface area contributed by atoms with Crippen molar-refractivity contribution >= 4 is 33.3 Å². The van der Waals surface area contributed by atoms with E-state index in [0.29, 0.717) is 4.47 Å². The van der Waals surface area contributed by atoms with E-state index in [-0.39, 0.29) is 12.1 Å². The molecule has 98 valence electrons. The highest BCUT2D eigenvalue weighted by Gasteiger charge is 2.24. The summed E-state index contributed by atoms with van der Waals surface area (Å²) in [6.07, 6.45) is -0.236. The van der Waals surface area contributed by atoms with Crippen molar-refractivity contribution in [1.82, 2.24) is 0 Å². The van der Waals surface area contributed by atoms with E-state index in [0.717, 1.165) is 6.07 Å². The molecular formula is C10H10BrFN2O4. The number of benzene rings is 1. The fourth-order valence-electron chi connectivity index (χ4n) is 1.42. The molecule has 6 nitrogen and oxygen atoms in total. The van der Waals surface area contributed by atoms with Gasteiger partial charge in [-0.1, -0.05) is 0 Å². The Morgan fingerprint density at radius 1 is 1.67 bits per heavy atom. The Morgan fingerprint density at radius 3 is 2.78 bits per heavy atom. The van der Waals surface area contributed by atoms with Gasteiger partial charge in [0.05, 0.1) is 11.3 Å². The van der Waals surface area contributed by atoms with Crippen LogP contribution >= 0.6 is 15.9 Å². The van der Waals surface area contributed by atoms with Crippen molar-refractivity contribution in [2.75, 3.05) is 5.32 Å². The zero-order valence-corrected chi connectivity index (χ0v) is 10.9. The van der Waals surface area contributed by atoms with E-state index in [2.05, 4.69) is 21.2 Å².